The topological polar surface area (TPSA) is 137 Å². The Labute approximate surface area is 279 Å². The van der Waals surface area contributed by atoms with Crippen LogP contribution < -0.4 is 10.6 Å². The Morgan fingerprint density at radius 1 is 0.979 bits per heavy atom. The third-order valence-corrected chi connectivity index (χ3v) is 8.51. The Morgan fingerprint density at radius 3 is 2.45 bits per heavy atom. The van der Waals surface area contributed by atoms with Crippen LogP contribution in [0.25, 0.3) is 11.1 Å². The zero-order valence-electron chi connectivity index (χ0n) is 25.0. The van der Waals surface area contributed by atoms with E-state index in [1.165, 1.54) is 0 Å². The second-order valence-corrected chi connectivity index (χ2v) is 12.3. The molecule has 0 radical (unpaired) electrons. The Kier molecular flexibility index (Phi) is 10.5. The fraction of sp³-hybridized carbons (Fsp3) is 0.294. The molecule has 5 rings (SSSR count). The largest absolute Gasteiger partial charge is 0.480 e. The molecule has 0 unspecified atom stereocenters. The van der Waals surface area contributed by atoms with Crippen LogP contribution in [0.5, 0.6) is 0 Å². The normalized spacial score (nSPS) is 15.4. The van der Waals surface area contributed by atoms with E-state index < -0.39 is 42.1 Å². The smallest absolute Gasteiger partial charge is 0.326 e. The maximum atomic E-state index is 13.4. The average molecular weight is 684 g/mol. The van der Waals surface area contributed by atoms with Crippen LogP contribution in [0.15, 0.2) is 64.6 Å². The van der Waals surface area contributed by atoms with Gasteiger partial charge >= 0.3 is 5.97 Å². The highest BCUT2D eigenvalue weighted by molar-refractivity contribution is 6.40. The van der Waals surface area contributed by atoms with E-state index in [0.717, 1.165) is 22.3 Å². The zero-order valence-corrected chi connectivity index (χ0v) is 26.5. The minimum Gasteiger partial charge on any atom is -0.480 e. The van der Waals surface area contributed by atoms with Crippen LogP contribution in [0, 0.1) is 0 Å². The number of amides is 2. The first-order chi connectivity index (χ1) is 22.4. The van der Waals surface area contributed by atoms with Gasteiger partial charge in [0.15, 0.2) is 5.78 Å². The zero-order chi connectivity index (χ0) is 33.7. The minimum absolute atomic E-state index is 0.0297. The van der Waals surface area contributed by atoms with E-state index in [1.54, 1.807) is 42.6 Å². The van der Waals surface area contributed by atoms with Crippen molar-refractivity contribution in [1.82, 2.24) is 10.6 Å². The molecular weight excluding hydrogens is 653 g/mol. The standard InChI is InChI=1S/C34H30Cl2F2N4O5/c35-27-13-23(20-4-5-22-15-39-16-24(22)12-20)14-28(36)30(27)32(45)42-29(33(46)47)7-6-26(43)17-40-31(44)21-3-1-2-19(10-21)11-25-8-9-34(37,38)18-41-25/h1-5,10,12-15,29H,6-9,11,16-18H2,(H,40,44)(H,42,45)(H,46,47)/t29-/m0/s1. The van der Waals surface area contributed by atoms with Crippen LogP contribution in [-0.2, 0) is 22.6 Å². The van der Waals surface area contributed by atoms with Crippen LogP contribution >= 0.6 is 23.2 Å². The molecule has 0 saturated carbocycles. The quantitative estimate of drug-likeness (QED) is 0.216. The third kappa shape index (κ3) is 8.66. The highest BCUT2D eigenvalue weighted by atomic mass is 35.5. The number of rotatable bonds is 12. The molecule has 47 heavy (non-hydrogen) atoms. The predicted octanol–water partition coefficient (Wildman–Crippen LogP) is 5.97. The number of ketones is 1. The lowest BCUT2D eigenvalue weighted by atomic mass is 9.98. The van der Waals surface area contributed by atoms with E-state index in [9.17, 15) is 33.1 Å². The molecule has 9 nitrogen and oxygen atoms in total. The SMILES string of the molecule is O=C(CC[C@H](NC(=O)c1c(Cl)cc(-c2ccc3c(c2)CN=C3)cc1Cl)C(=O)O)CNC(=O)c1cccc(CC2=NCC(F)(F)CC2)c1. The summed E-state index contributed by atoms with van der Waals surface area (Å²) in [7, 11) is 0. The van der Waals surface area contributed by atoms with E-state index in [0.29, 0.717) is 24.2 Å². The van der Waals surface area contributed by atoms with Gasteiger partial charge in [-0.2, -0.15) is 0 Å². The molecule has 0 fully saturated rings. The van der Waals surface area contributed by atoms with Crippen molar-refractivity contribution in [2.45, 2.75) is 50.6 Å². The average Bonchev–Trinajstić information content (AvgIpc) is 3.51. The molecule has 2 aliphatic rings. The number of nitrogens with one attached hydrogen (secondary N) is 2. The molecule has 0 aromatic heterocycles. The number of hydrogen-bond acceptors (Lipinski definition) is 6. The lowest BCUT2D eigenvalue weighted by Crippen LogP contribution is -2.41. The number of alkyl halides is 2. The number of carboxylic acids is 1. The molecule has 1 atom stereocenters. The van der Waals surface area contributed by atoms with E-state index in [2.05, 4.69) is 20.6 Å². The maximum Gasteiger partial charge on any atom is 0.326 e. The molecule has 2 aliphatic heterocycles. The van der Waals surface area contributed by atoms with Crippen LogP contribution in [0.3, 0.4) is 0 Å². The van der Waals surface area contributed by atoms with Crippen molar-refractivity contribution in [1.29, 1.82) is 0 Å². The van der Waals surface area contributed by atoms with Crippen LogP contribution in [0.1, 0.15) is 63.1 Å². The second kappa shape index (κ2) is 14.5. The van der Waals surface area contributed by atoms with Gasteiger partial charge in [-0.05, 0) is 71.0 Å². The van der Waals surface area contributed by atoms with Crippen molar-refractivity contribution in [3.05, 3.63) is 92.5 Å². The lowest BCUT2D eigenvalue weighted by Gasteiger charge is -2.20. The molecule has 13 heteroatoms. The summed E-state index contributed by atoms with van der Waals surface area (Å²) in [6.07, 6.45) is 1.56. The summed E-state index contributed by atoms with van der Waals surface area (Å²) in [5.74, 6) is -5.94. The first-order valence-electron chi connectivity index (χ1n) is 14.8. The lowest BCUT2D eigenvalue weighted by molar-refractivity contribution is -0.139. The summed E-state index contributed by atoms with van der Waals surface area (Å²) in [4.78, 5) is 58.4. The number of aliphatic carboxylic acids is 1. The number of hydrogen-bond donors (Lipinski definition) is 3. The van der Waals surface area contributed by atoms with Crippen molar-refractivity contribution in [2.24, 2.45) is 9.98 Å². The number of carbonyl (C=O) groups excluding carboxylic acids is 3. The van der Waals surface area contributed by atoms with E-state index in [1.807, 2.05) is 18.2 Å². The molecule has 2 amide bonds. The van der Waals surface area contributed by atoms with Crippen molar-refractivity contribution in [3.63, 3.8) is 0 Å². The summed E-state index contributed by atoms with van der Waals surface area (Å²) in [5.41, 5.74) is 5.11. The van der Waals surface area contributed by atoms with Crippen molar-refractivity contribution < 1.29 is 33.1 Å². The number of carbonyl (C=O) groups is 4. The van der Waals surface area contributed by atoms with E-state index in [4.69, 9.17) is 23.2 Å². The molecule has 3 aromatic rings. The van der Waals surface area contributed by atoms with Gasteiger partial charge in [0, 0.05) is 36.8 Å². The maximum absolute atomic E-state index is 13.4. The van der Waals surface area contributed by atoms with E-state index in [-0.39, 0.29) is 53.4 Å². The molecule has 3 aromatic carbocycles. The van der Waals surface area contributed by atoms with E-state index >= 15 is 0 Å². The number of Topliss-reactive ketones (excluding diaryl/α,β-unsaturated/α-hetero) is 1. The number of aliphatic imine (C=N–C) groups is 2. The molecule has 2 heterocycles. The first kappa shape index (κ1) is 33.9. The Balaban J connectivity index is 1.13. The molecule has 0 saturated heterocycles. The van der Waals surface area contributed by atoms with Gasteiger partial charge in [0.25, 0.3) is 17.7 Å². The van der Waals surface area contributed by atoms with Crippen molar-refractivity contribution in [2.75, 3.05) is 13.1 Å². The second-order valence-electron chi connectivity index (χ2n) is 11.4. The Morgan fingerprint density at radius 2 is 1.74 bits per heavy atom. The first-order valence-corrected chi connectivity index (χ1v) is 15.6. The molecule has 244 valence electrons. The summed E-state index contributed by atoms with van der Waals surface area (Å²) in [6, 6.07) is 14.1. The van der Waals surface area contributed by atoms with Gasteiger partial charge in [0.1, 0.15) is 12.6 Å². The Bertz CT molecular complexity index is 1790. The van der Waals surface area contributed by atoms with Gasteiger partial charge in [-0.25, -0.2) is 13.6 Å². The van der Waals surface area contributed by atoms with Gasteiger partial charge in [0.05, 0.1) is 28.7 Å². The number of benzene rings is 3. The molecule has 0 spiro atoms. The number of fused-ring (bicyclic) bond motifs is 1. The van der Waals surface area contributed by atoms with Crippen molar-refractivity contribution in [3.8, 4) is 11.1 Å². The van der Waals surface area contributed by atoms with Crippen molar-refractivity contribution >= 4 is 58.7 Å². The fourth-order valence-corrected chi connectivity index (χ4v) is 5.98. The van der Waals surface area contributed by atoms with Gasteiger partial charge in [0.2, 0.25) is 0 Å². The number of carboxylic acid groups (broad SMARTS) is 1. The van der Waals surface area contributed by atoms with Crippen LogP contribution in [-0.4, -0.2) is 65.7 Å². The van der Waals surface area contributed by atoms with Gasteiger partial charge in [-0.1, -0.05) is 47.5 Å². The van der Waals surface area contributed by atoms with Gasteiger partial charge < -0.3 is 15.7 Å². The highest BCUT2D eigenvalue weighted by Crippen LogP contribution is 2.33. The Hall–Kier alpha value is -4.48. The number of nitrogens with zero attached hydrogens (tertiary/aromatic N) is 2. The summed E-state index contributed by atoms with van der Waals surface area (Å²) in [5, 5.41) is 14.7. The van der Waals surface area contributed by atoms with Crippen LogP contribution in [0.2, 0.25) is 10.0 Å². The molecular formula is C34H30Cl2F2N4O5. The van der Waals surface area contributed by atoms with Gasteiger partial charge in [-0.3, -0.25) is 24.4 Å². The highest BCUT2D eigenvalue weighted by Gasteiger charge is 2.32. The number of halogens is 4. The molecule has 0 aliphatic carbocycles. The summed E-state index contributed by atoms with van der Waals surface area (Å²) < 4.78 is 26.7. The fourth-order valence-electron chi connectivity index (χ4n) is 5.32. The monoisotopic (exact) mass is 682 g/mol. The third-order valence-electron chi connectivity index (χ3n) is 7.91. The minimum atomic E-state index is -2.79. The predicted molar refractivity (Wildman–Crippen MR) is 175 cm³/mol. The summed E-state index contributed by atoms with van der Waals surface area (Å²) >= 11 is 12.9. The van der Waals surface area contributed by atoms with Gasteiger partial charge in [-0.15, -0.1) is 0 Å². The molecule has 0 bridgehead atoms. The molecule has 3 N–H and O–H groups in total. The summed E-state index contributed by atoms with van der Waals surface area (Å²) in [6.45, 7) is -0.340. The van der Waals surface area contributed by atoms with Crippen LogP contribution in [0.4, 0.5) is 8.78 Å².